The molecule has 1 heterocycles. The Hall–Kier alpha value is -2.86. The fourth-order valence-electron chi connectivity index (χ4n) is 2.39. The van der Waals surface area contributed by atoms with Gasteiger partial charge in [-0.05, 0) is 36.2 Å². The molecule has 0 aliphatic rings. The molecule has 1 amide bonds. The number of rotatable bonds is 7. The molecule has 7 heteroatoms. The Morgan fingerprint density at radius 1 is 1.23 bits per heavy atom. The zero-order chi connectivity index (χ0) is 18.4. The number of carbonyl (C=O) groups is 1. The average molecular weight is 371 g/mol. The van der Waals surface area contributed by atoms with Crippen LogP contribution in [0.2, 0.25) is 5.02 Å². The highest BCUT2D eigenvalue weighted by molar-refractivity contribution is 6.30. The van der Waals surface area contributed by atoms with Crippen molar-refractivity contribution in [3.63, 3.8) is 0 Å². The fourth-order valence-corrected chi connectivity index (χ4v) is 2.58. The van der Waals surface area contributed by atoms with E-state index in [1.807, 2.05) is 24.3 Å². The van der Waals surface area contributed by atoms with E-state index in [4.69, 9.17) is 16.3 Å². The Kier molecular flexibility index (Phi) is 5.86. The maximum absolute atomic E-state index is 12.2. The van der Waals surface area contributed by atoms with Crippen molar-refractivity contribution in [3.8, 4) is 5.75 Å². The lowest BCUT2D eigenvalue weighted by molar-refractivity contribution is -0.127. The summed E-state index contributed by atoms with van der Waals surface area (Å²) in [5.74, 6) is 0.384. The lowest BCUT2D eigenvalue weighted by Gasteiger charge is -2.15. The molecule has 3 aromatic rings. The van der Waals surface area contributed by atoms with Crippen molar-refractivity contribution in [3.05, 3.63) is 77.3 Å². The molecule has 6 nitrogen and oxygen atoms in total. The first-order valence-electron chi connectivity index (χ1n) is 8.20. The van der Waals surface area contributed by atoms with E-state index >= 15 is 0 Å². The number of halogens is 1. The summed E-state index contributed by atoms with van der Waals surface area (Å²) >= 11 is 5.92. The third-order valence-corrected chi connectivity index (χ3v) is 4.01. The van der Waals surface area contributed by atoms with Crippen LogP contribution in [0.15, 0.2) is 61.2 Å². The van der Waals surface area contributed by atoms with Crippen LogP contribution in [-0.2, 0) is 17.9 Å². The summed E-state index contributed by atoms with van der Waals surface area (Å²) in [4.78, 5) is 16.1. The standard InChI is InChI=1S/C19H19ClN4O2/c1-14(26-18-4-2-3-17(20)9-18)19(25)22-10-15-5-7-16(8-6-15)11-24-13-21-12-23-24/h2-9,12-14H,10-11H2,1H3,(H,22,25). The van der Waals surface area contributed by atoms with Gasteiger partial charge >= 0.3 is 0 Å². The number of hydrogen-bond donors (Lipinski definition) is 1. The normalized spacial score (nSPS) is 11.8. The second kappa shape index (κ2) is 8.49. The van der Waals surface area contributed by atoms with Crippen molar-refractivity contribution in [2.75, 3.05) is 0 Å². The van der Waals surface area contributed by atoms with E-state index in [1.54, 1.807) is 42.2 Å². The molecule has 1 N–H and O–H groups in total. The number of carbonyl (C=O) groups excluding carboxylic acids is 1. The Balaban J connectivity index is 1.49. The summed E-state index contributed by atoms with van der Waals surface area (Å²) in [6, 6.07) is 15.0. The van der Waals surface area contributed by atoms with Crippen LogP contribution in [0.25, 0.3) is 0 Å². The van der Waals surface area contributed by atoms with E-state index in [1.165, 1.54) is 6.33 Å². The summed E-state index contributed by atoms with van der Waals surface area (Å²) in [5.41, 5.74) is 2.12. The maximum atomic E-state index is 12.2. The van der Waals surface area contributed by atoms with E-state index in [0.717, 1.165) is 11.1 Å². The van der Waals surface area contributed by atoms with Gasteiger partial charge in [-0.15, -0.1) is 0 Å². The lowest BCUT2D eigenvalue weighted by Crippen LogP contribution is -2.35. The van der Waals surface area contributed by atoms with E-state index < -0.39 is 6.10 Å². The zero-order valence-electron chi connectivity index (χ0n) is 14.3. The maximum Gasteiger partial charge on any atom is 0.261 e. The number of benzene rings is 2. The van der Waals surface area contributed by atoms with Gasteiger partial charge < -0.3 is 10.1 Å². The molecule has 0 fully saturated rings. The Bertz CT molecular complexity index is 850. The molecule has 2 aromatic carbocycles. The second-order valence-electron chi connectivity index (χ2n) is 5.84. The van der Waals surface area contributed by atoms with E-state index in [2.05, 4.69) is 15.4 Å². The van der Waals surface area contributed by atoms with Crippen LogP contribution in [0.1, 0.15) is 18.1 Å². The van der Waals surface area contributed by atoms with Gasteiger partial charge in [0.15, 0.2) is 6.10 Å². The van der Waals surface area contributed by atoms with Gasteiger partial charge in [0.05, 0.1) is 6.54 Å². The summed E-state index contributed by atoms with van der Waals surface area (Å²) in [5, 5.41) is 7.52. The van der Waals surface area contributed by atoms with Crippen LogP contribution in [0.4, 0.5) is 0 Å². The third-order valence-electron chi connectivity index (χ3n) is 3.78. The topological polar surface area (TPSA) is 69.0 Å². The SMILES string of the molecule is CC(Oc1cccc(Cl)c1)C(=O)NCc1ccc(Cn2cncn2)cc1. The predicted octanol–water partition coefficient (Wildman–Crippen LogP) is 3.06. The minimum Gasteiger partial charge on any atom is -0.481 e. The fraction of sp³-hybridized carbons (Fsp3) is 0.211. The predicted molar refractivity (Wildman–Crippen MR) is 99.0 cm³/mol. The summed E-state index contributed by atoms with van der Waals surface area (Å²) in [6.45, 7) is 2.81. The quantitative estimate of drug-likeness (QED) is 0.694. The summed E-state index contributed by atoms with van der Waals surface area (Å²) in [7, 11) is 0. The van der Waals surface area contributed by atoms with Crippen LogP contribution in [0.3, 0.4) is 0 Å². The Morgan fingerprint density at radius 3 is 2.69 bits per heavy atom. The van der Waals surface area contributed by atoms with Crippen LogP contribution in [0.5, 0.6) is 5.75 Å². The molecule has 1 aromatic heterocycles. The molecule has 0 aliphatic carbocycles. The number of ether oxygens (including phenoxy) is 1. The van der Waals surface area contributed by atoms with Crippen molar-refractivity contribution < 1.29 is 9.53 Å². The molecule has 134 valence electrons. The second-order valence-corrected chi connectivity index (χ2v) is 6.28. The van der Waals surface area contributed by atoms with Gasteiger partial charge in [-0.1, -0.05) is 41.9 Å². The highest BCUT2D eigenvalue weighted by atomic mass is 35.5. The number of amides is 1. The van der Waals surface area contributed by atoms with Gasteiger partial charge in [0.1, 0.15) is 18.4 Å². The molecular formula is C19H19ClN4O2. The Labute approximate surface area is 156 Å². The van der Waals surface area contributed by atoms with Gasteiger partial charge in [0, 0.05) is 11.6 Å². The number of aromatic nitrogens is 3. The van der Waals surface area contributed by atoms with E-state index in [-0.39, 0.29) is 5.91 Å². The summed E-state index contributed by atoms with van der Waals surface area (Å²) < 4.78 is 7.37. The van der Waals surface area contributed by atoms with Crippen LogP contribution >= 0.6 is 11.6 Å². The van der Waals surface area contributed by atoms with Crippen molar-refractivity contribution in [1.29, 1.82) is 0 Å². The molecule has 0 saturated heterocycles. The molecule has 3 rings (SSSR count). The molecular weight excluding hydrogens is 352 g/mol. The smallest absolute Gasteiger partial charge is 0.261 e. The molecule has 1 unspecified atom stereocenters. The highest BCUT2D eigenvalue weighted by Crippen LogP contribution is 2.18. The Morgan fingerprint density at radius 2 is 2.00 bits per heavy atom. The van der Waals surface area contributed by atoms with Crippen molar-refractivity contribution in [2.24, 2.45) is 0 Å². The van der Waals surface area contributed by atoms with Crippen molar-refractivity contribution in [1.82, 2.24) is 20.1 Å². The lowest BCUT2D eigenvalue weighted by atomic mass is 10.1. The highest BCUT2D eigenvalue weighted by Gasteiger charge is 2.14. The van der Waals surface area contributed by atoms with E-state index in [0.29, 0.717) is 23.9 Å². The summed E-state index contributed by atoms with van der Waals surface area (Å²) in [6.07, 6.45) is 2.58. The molecule has 0 bridgehead atoms. The van der Waals surface area contributed by atoms with Gasteiger partial charge in [-0.2, -0.15) is 5.10 Å². The van der Waals surface area contributed by atoms with Gasteiger partial charge in [0.2, 0.25) is 0 Å². The molecule has 0 aliphatic heterocycles. The van der Waals surface area contributed by atoms with Gasteiger partial charge in [-0.3, -0.25) is 4.79 Å². The zero-order valence-corrected chi connectivity index (χ0v) is 15.1. The molecule has 0 radical (unpaired) electrons. The van der Waals surface area contributed by atoms with Crippen LogP contribution in [-0.4, -0.2) is 26.8 Å². The monoisotopic (exact) mass is 370 g/mol. The number of nitrogens with one attached hydrogen (secondary N) is 1. The van der Waals surface area contributed by atoms with E-state index in [9.17, 15) is 4.79 Å². The number of hydrogen-bond acceptors (Lipinski definition) is 4. The minimum absolute atomic E-state index is 0.184. The van der Waals surface area contributed by atoms with Crippen LogP contribution in [0, 0.1) is 0 Å². The number of nitrogens with zero attached hydrogens (tertiary/aromatic N) is 3. The first-order chi connectivity index (χ1) is 12.6. The van der Waals surface area contributed by atoms with Crippen molar-refractivity contribution >= 4 is 17.5 Å². The largest absolute Gasteiger partial charge is 0.481 e. The third kappa shape index (κ3) is 5.07. The molecule has 26 heavy (non-hydrogen) atoms. The first-order valence-corrected chi connectivity index (χ1v) is 8.58. The average Bonchev–Trinajstić information content (AvgIpc) is 3.14. The molecule has 0 saturated carbocycles. The molecule has 1 atom stereocenters. The van der Waals surface area contributed by atoms with Crippen molar-refractivity contribution in [2.45, 2.75) is 26.1 Å². The van der Waals surface area contributed by atoms with Gasteiger partial charge in [0.25, 0.3) is 5.91 Å². The first kappa shape index (κ1) is 17.9. The van der Waals surface area contributed by atoms with Gasteiger partial charge in [-0.25, -0.2) is 9.67 Å². The van der Waals surface area contributed by atoms with Crippen LogP contribution < -0.4 is 10.1 Å². The molecule has 0 spiro atoms. The minimum atomic E-state index is -0.611.